The lowest BCUT2D eigenvalue weighted by atomic mass is 10.1. The number of amides is 1. The monoisotopic (exact) mass is 258 g/mol. The molecule has 0 spiro atoms. The molecule has 0 unspecified atom stereocenters. The van der Waals surface area contributed by atoms with Crippen LogP contribution in [-0.2, 0) is 14.3 Å². The van der Waals surface area contributed by atoms with E-state index < -0.39 is 0 Å². The van der Waals surface area contributed by atoms with Gasteiger partial charge in [-0.2, -0.15) is 0 Å². The summed E-state index contributed by atoms with van der Waals surface area (Å²) in [5.74, 6) is 0.176. The van der Waals surface area contributed by atoms with Crippen molar-refractivity contribution < 1.29 is 14.3 Å². The number of hydrogen-bond acceptors (Lipinski definition) is 4. The maximum Gasteiger partial charge on any atom is 0.219 e. The highest BCUT2D eigenvalue weighted by Gasteiger charge is 2.21. The molecule has 1 heterocycles. The highest BCUT2D eigenvalue weighted by molar-refractivity contribution is 5.73. The van der Waals surface area contributed by atoms with Gasteiger partial charge >= 0.3 is 0 Å². The van der Waals surface area contributed by atoms with Crippen molar-refractivity contribution in [3.63, 3.8) is 0 Å². The molecule has 18 heavy (non-hydrogen) atoms. The minimum atomic E-state index is -0.161. The summed E-state index contributed by atoms with van der Waals surface area (Å²) in [6.07, 6.45) is 1.85. The second-order valence-corrected chi connectivity index (χ2v) is 4.53. The second kappa shape index (κ2) is 8.45. The minimum absolute atomic E-state index is 0.161. The SMILES string of the molecule is CCOC(CNC1CCN(C(C)=O)CC1)OCC. The topological polar surface area (TPSA) is 50.8 Å². The number of hydrogen-bond donors (Lipinski definition) is 1. The van der Waals surface area contributed by atoms with Crippen LogP contribution in [0.15, 0.2) is 0 Å². The predicted octanol–water partition coefficient (Wildman–Crippen LogP) is 0.986. The van der Waals surface area contributed by atoms with Crippen LogP contribution in [-0.4, -0.2) is 56.0 Å². The molecular weight excluding hydrogens is 232 g/mol. The van der Waals surface area contributed by atoms with Crippen LogP contribution < -0.4 is 5.32 Å². The molecule has 0 atom stereocenters. The van der Waals surface area contributed by atoms with Gasteiger partial charge in [0, 0.05) is 45.8 Å². The van der Waals surface area contributed by atoms with E-state index in [1.807, 2.05) is 18.7 Å². The molecule has 1 saturated heterocycles. The number of nitrogens with one attached hydrogen (secondary N) is 1. The quantitative estimate of drug-likeness (QED) is 0.692. The summed E-state index contributed by atoms with van der Waals surface area (Å²) in [7, 11) is 0. The predicted molar refractivity (Wildman–Crippen MR) is 70.3 cm³/mol. The van der Waals surface area contributed by atoms with E-state index in [-0.39, 0.29) is 12.2 Å². The normalized spacial score (nSPS) is 17.4. The van der Waals surface area contributed by atoms with E-state index in [0.717, 1.165) is 25.9 Å². The van der Waals surface area contributed by atoms with Gasteiger partial charge in [0.25, 0.3) is 0 Å². The van der Waals surface area contributed by atoms with E-state index in [9.17, 15) is 4.79 Å². The first kappa shape index (κ1) is 15.4. The van der Waals surface area contributed by atoms with E-state index in [0.29, 0.717) is 25.8 Å². The van der Waals surface area contributed by atoms with Crippen molar-refractivity contribution in [2.24, 2.45) is 0 Å². The van der Waals surface area contributed by atoms with E-state index in [4.69, 9.17) is 9.47 Å². The zero-order valence-corrected chi connectivity index (χ0v) is 11.8. The van der Waals surface area contributed by atoms with Gasteiger partial charge in [0.1, 0.15) is 0 Å². The molecule has 1 rings (SSSR count). The molecule has 1 amide bonds. The third kappa shape index (κ3) is 5.33. The first-order valence-electron chi connectivity index (χ1n) is 6.89. The van der Waals surface area contributed by atoms with Gasteiger partial charge < -0.3 is 19.7 Å². The number of piperidine rings is 1. The van der Waals surface area contributed by atoms with Crippen LogP contribution in [0.2, 0.25) is 0 Å². The van der Waals surface area contributed by atoms with Crippen molar-refractivity contribution in [2.45, 2.75) is 45.9 Å². The average molecular weight is 258 g/mol. The highest BCUT2D eigenvalue weighted by atomic mass is 16.7. The lowest BCUT2D eigenvalue weighted by molar-refractivity contribution is -0.135. The molecule has 1 N–H and O–H groups in total. The van der Waals surface area contributed by atoms with Crippen LogP contribution in [0.5, 0.6) is 0 Å². The molecule has 5 nitrogen and oxygen atoms in total. The standard InChI is InChI=1S/C13H26N2O3/c1-4-17-13(18-5-2)10-14-12-6-8-15(9-7-12)11(3)16/h12-14H,4-10H2,1-3H3. The Balaban J connectivity index is 2.21. The van der Waals surface area contributed by atoms with Crippen LogP contribution in [0.1, 0.15) is 33.6 Å². The van der Waals surface area contributed by atoms with Gasteiger partial charge in [0.2, 0.25) is 5.91 Å². The number of carbonyl (C=O) groups is 1. The number of likely N-dealkylation sites (tertiary alicyclic amines) is 1. The Bertz CT molecular complexity index is 234. The van der Waals surface area contributed by atoms with E-state index >= 15 is 0 Å². The molecule has 0 aliphatic carbocycles. The van der Waals surface area contributed by atoms with Gasteiger partial charge in [0.15, 0.2) is 6.29 Å². The van der Waals surface area contributed by atoms with Gasteiger partial charge in [0.05, 0.1) is 0 Å². The molecule has 0 saturated carbocycles. The second-order valence-electron chi connectivity index (χ2n) is 4.53. The molecular formula is C13H26N2O3. The molecule has 0 radical (unpaired) electrons. The summed E-state index contributed by atoms with van der Waals surface area (Å²) in [5.41, 5.74) is 0. The summed E-state index contributed by atoms with van der Waals surface area (Å²) in [4.78, 5) is 13.1. The Morgan fingerprint density at radius 3 is 2.28 bits per heavy atom. The molecule has 1 fully saturated rings. The zero-order chi connectivity index (χ0) is 13.4. The number of carbonyl (C=O) groups excluding carboxylic acids is 1. The fourth-order valence-corrected chi connectivity index (χ4v) is 2.20. The number of ether oxygens (including phenoxy) is 2. The third-order valence-electron chi connectivity index (χ3n) is 3.22. The van der Waals surface area contributed by atoms with Gasteiger partial charge in [-0.05, 0) is 26.7 Å². The first-order valence-corrected chi connectivity index (χ1v) is 6.89. The van der Waals surface area contributed by atoms with Gasteiger partial charge in [-0.1, -0.05) is 0 Å². The molecule has 0 aromatic carbocycles. The van der Waals surface area contributed by atoms with Crippen molar-refractivity contribution in [1.29, 1.82) is 0 Å². The summed E-state index contributed by atoms with van der Waals surface area (Å²) in [6, 6.07) is 0.462. The van der Waals surface area contributed by atoms with Crippen molar-refractivity contribution >= 4 is 5.91 Å². The average Bonchev–Trinajstić information content (AvgIpc) is 2.37. The smallest absolute Gasteiger partial charge is 0.219 e. The van der Waals surface area contributed by atoms with Gasteiger partial charge in [-0.3, -0.25) is 4.79 Å². The Morgan fingerprint density at radius 1 is 1.28 bits per heavy atom. The fraction of sp³-hybridized carbons (Fsp3) is 0.923. The number of nitrogens with zero attached hydrogens (tertiary/aromatic N) is 1. The highest BCUT2D eigenvalue weighted by Crippen LogP contribution is 2.10. The van der Waals surface area contributed by atoms with Crippen LogP contribution in [0.4, 0.5) is 0 Å². The molecule has 5 heteroatoms. The molecule has 1 aliphatic heterocycles. The van der Waals surface area contributed by atoms with Crippen LogP contribution in [0, 0.1) is 0 Å². The largest absolute Gasteiger partial charge is 0.352 e. The summed E-state index contributed by atoms with van der Waals surface area (Å²) < 4.78 is 11.0. The van der Waals surface area contributed by atoms with Crippen LogP contribution in [0.25, 0.3) is 0 Å². The van der Waals surface area contributed by atoms with Crippen LogP contribution in [0.3, 0.4) is 0 Å². The lowest BCUT2D eigenvalue weighted by Gasteiger charge is -2.32. The minimum Gasteiger partial charge on any atom is -0.352 e. The van der Waals surface area contributed by atoms with Crippen molar-refractivity contribution in [1.82, 2.24) is 10.2 Å². The van der Waals surface area contributed by atoms with Crippen LogP contribution >= 0.6 is 0 Å². The Morgan fingerprint density at radius 2 is 1.83 bits per heavy atom. The molecule has 0 bridgehead atoms. The number of rotatable bonds is 7. The van der Waals surface area contributed by atoms with Crippen molar-refractivity contribution in [2.75, 3.05) is 32.8 Å². The first-order chi connectivity index (χ1) is 8.67. The third-order valence-corrected chi connectivity index (χ3v) is 3.22. The van der Waals surface area contributed by atoms with E-state index in [1.165, 1.54) is 0 Å². The summed E-state index contributed by atoms with van der Waals surface area (Å²) >= 11 is 0. The zero-order valence-electron chi connectivity index (χ0n) is 11.8. The van der Waals surface area contributed by atoms with E-state index in [1.54, 1.807) is 6.92 Å². The fourth-order valence-electron chi connectivity index (χ4n) is 2.20. The Labute approximate surface area is 110 Å². The molecule has 106 valence electrons. The lowest BCUT2D eigenvalue weighted by Crippen LogP contribution is -2.46. The van der Waals surface area contributed by atoms with Crippen molar-refractivity contribution in [3.8, 4) is 0 Å². The Kier molecular flexibility index (Phi) is 7.23. The van der Waals surface area contributed by atoms with E-state index in [2.05, 4.69) is 5.32 Å². The maximum absolute atomic E-state index is 11.2. The van der Waals surface area contributed by atoms with Gasteiger partial charge in [-0.15, -0.1) is 0 Å². The molecule has 1 aliphatic rings. The maximum atomic E-state index is 11.2. The summed E-state index contributed by atoms with van der Waals surface area (Å²) in [5, 5.41) is 3.46. The van der Waals surface area contributed by atoms with Gasteiger partial charge in [-0.25, -0.2) is 0 Å². The molecule has 0 aromatic heterocycles. The van der Waals surface area contributed by atoms with Crippen molar-refractivity contribution in [3.05, 3.63) is 0 Å². The Hall–Kier alpha value is -0.650. The summed E-state index contributed by atoms with van der Waals surface area (Å²) in [6.45, 7) is 9.31. The molecule has 0 aromatic rings.